The minimum atomic E-state index is -0.196. The number of nitrogens with one attached hydrogen (secondary N) is 1. The number of nitrogens with zero attached hydrogens (tertiary/aromatic N) is 1. The number of hydrogen-bond acceptors (Lipinski definition) is 2. The van der Waals surface area contributed by atoms with Gasteiger partial charge in [-0.05, 0) is 55.2 Å². The summed E-state index contributed by atoms with van der Waals surface area (Å²) in [6.07, 6.45) is 1.66. The summed E-state index contributed by atoms with van der Waals surface area (Å²) >= 11 is 0. The number of hydrazone groups is 1. The Balaban J connectivity index is 2.05. The van der Waals surface area contributed by atoms with Gasteiger partial charge < -0.3 is 0 Å². The first-order valence-electron chi connectivity index (χ1n) is 6.54. The number of carbonyl (C=O) groups excluding carboxylic acids is 1. The van der Waals surface area contributed by atoms with Crippen LogP contribution in [0.1, 0.15) is 32.6 Å². The molecule has 20 heavy (non-hydrogen) atoms. The molecule has 1 N–H and O–H groups in total. The van der Waals surface area contributed by atoms with Gasteiger partial charge >= 0.3 is 0 Å². The quantitative estimate of drug-likeness (QED) is 0.671. The summed E-state index contributed by atoms with van der Waals surface area (Å²) in [5.74, 6) is -0.196. The number of benzene rings is 2. The molecule has 2 rings (SSSR count). The summed E-state index contributed by atoms with van der Waals surface area (Å²) in [5, 5.41) is 4.01. The molecule has 0 radical (unpaired) electrons. The van der Waals surface area contributed by atoms with Gasteiger partial charge in [-0.25, -0.2) is 5.43 Å². The fourth-order valence-electron chi connectivity index (χ4n) is 1.84. The van der Waals surface area contributed by atoms with Gasteiger partial charge in [0, 0.05) is 5.56 Å². The van der Waals surface area contributed by atoms with E-state index in [1.807, 2.05) is 57.2 Å². The van der Waals surface area contributed by atoms with Crippen molar-refractivity contribution < 1.29 is 4.79 Å². The minimum absolute atomic E-state index is 0.196. The second-order valence-electron chi connectivity index (χ2n) is 4.85. The van der Waals surface area contributed by atoms with Crippen LogP contribution in [0, 0.1) is 20.8 Å². The highest BCUT2D eigenvalue weighted by molar-refractivity contribution is 5.95. The Bertz CT molecular complexity index is 660. The van der Waals surface area contributed by atoms with Crippen molar-refractivity contribution in [3.8, 4) is 0 Å². The molecule has 3 heteroatoms. The molecule has 0 heterocycles. The molecule has 3 nitrogen and oxygen atoms in total. The van der Waals surface area contributed by atoms with Gasteiger partial charge in [-0.3, -0.25) is 4.79 Å². The smallest absolute Gasteiger partial charge is 0.267 e. The number of hydrogen-bond donors (Lipinski definition) is 1. The predicted molar refractivity (Wildman–Crippen MR) is 82.2 cm³/mol. The van der Waals surface area contributed by atoms with Crippen molar-refractivity contribution in [2.75, 3.05) is 0 Å². The van der Waals surface area contributed by atoms with Crippen LogP contribution < -0.4 is 5.43 Å². The van der Waals surface area contributed by atoms with Crippen molar-refractivity contribution >= 4 is 12.1 Å². The first kappa shape index (κ1) is 14.0. The van der Waals surface area contributed by atoms with Crippen LogP contribution in [0.15, 0.2) is 47.6 Å². The lowest BCUT2D eigenvalue weighted by Gasteiger charge is -2.04. The molecule has 0 saturated carbocycles. The zero-order valence-electron chi connectivity index (χ0n) is 12.0. The Kier molecular flexibility index (Phi) is 4.31. The maximum absolute atomic E-state index is 12.0. The summed E-state index contributed by atoms with van der Waals surface area (Å²) in [6, 6.07) is 13.5. The van der Waals surface area contributed by atoms with E-state index in [1.54, 1.807) is 12.3 Å². The lowest BCUT2D eigenvalue weighted by Crippen LogP contribution is -2.17. The zero-order chi connectivity index (χ0) is 14.5. The third kappa shape index (κ3) is 3.32. The van der Waals surface area contributed by atoms with E-state index in [0.717, 1.165) is 16.7 Å². The monoisotopic (exact) mass is 266 g/mol. The minimum Gasteiger partial charge on any atom is -0.267 e. The average Bonchev–Trinajstić information content (AvgIpc) is 2.44. The maximum atomic E-state index is 12.0. The predicted octanol–water partition coefficient (Wildman–Crippen LogP) is 3.38. The van der Waals surface area contributed by atoms with E-state index >= 15 is 0 Å². The molecule has 0 atom stereocenters. The Morgan fingerprint density at radius 2 is 1.75 bits per heavy atom. The molecule has 0 aromatic heterocycles. The highest BCUT2D eigenvalue weighted by atomic mass is 16.2. The highest BCUT2D eigenvalue weighted by Gasteiger charge is 2.05. The number of aryl methyl sites for hydroxylation is 3. The van der Waals surface area contributed by atoms with Gasteiger partial charge in [-0.1, -0.05) is 30.3 Å². The molecular weight excluding hydrogens is 248 g/mol. The lowest BCUT2D eigenvalue weighted by atomic mass is 10.1. The van der Waals surface area contributed by atoms with E-state index < -0.39 is 0 Å². The summed E-state index contributed by atoms with van der Waals surface area (Å²) in [6.45, 7) is 6.02. The zero-order valence-corrected chi connectivity index (χ0v) is 12.0. The molecule has 0 aliphatic heterocycles. The van der Waals surface area contributed by atoms with Gasteiger partial charge in [0.15, 0.2) is 0 Å². The summed E-state index contributed by atoms with van der Waals surface area (Å²) < 4.78 is 0. The fourth-order valence-corrected chi connectivity index (χ4v) is 1.84. The summed E-state index contributed by atoms with van der Waals surface area (Å²) in [4.78, 5) is 12.0. The first-order valence-corrected chi connectivity index (χ1v) is 6.54. The van der Waals surface area contributed by atoms with E-state index in [2.05, 4.69) is 10.5 Å². The molecule has 0 aliphatic carbocycles. The van der Waals surface area contributed by atoms with Crippen LogP contribution in [0.25, 0.3) is 0 Å². The number of amides is 1. The van der Waals surface area contributed by atoms with Crippen molar-refractivity contribution in [1.29, 1.82) is 0 Å². The van der Waals surface area contributed by atoms with Gasteiger partial charge in [0.1, 0.15) is 0 Å². The molecule has 0 saturated heterocycles. The number of rotatable bonds is 3. The van der Waals surface area contributed by atoms with Crippen LogP contribution in [0.3, 0.4) is 0 Å². The largest absolute Gasteiger partial charge is 0.271 e. The number of carbonyl (C=O) groups is 1. The fraction of sp³-hybridized carbons (Fsp3) is 0.176. The van der Waals surface area contributed by atoms with E-state index in [4.69, 9.17) is 0 Å². The summed E-state index contributed by atoms with van der Waals surface area (Å²) in [7, 11) is 0. The first-order chi connectivity index (χ1) is 9.58. The highest BCUT2D eigenvalue weighted by Crippen LogP contribution is 2.09. The second kappa shape index (κ2) is 6.15. The second-order valence-corrected chi connectivity index (χ2v) is 4.85. The molecule has 0 unspecified atom stereocenters. The topological polar surface area (TPSA) is 41.5 Å². The van der Waals surface area contributed by atoms with Crippen LogP contribution in [0.4, 0.5) is 0 Å². The third-order valence-corrected chi connectivity index (χ3v) is 3.33. The third-order valence-electron chi connectivity index (χ3n) is 3.33. The Labute approximate surface area is 119 Å². The van der Waals surface area contributed by atoms with Gasteiger partial charge in [0.05, 0.1) is 6.21 Å². The molecule has 2 aromatic carbocycles. The van der Waals surface area contributed by atoms with E-state index in [0.29, 0.717) is 5.56 Å². The van der Waals surface area contributed by atoms with Crippen molar-refractivity contribution in [2.24, 2.45) is 5.10 Å². The van der Waals surface area contributed by atoms with Crippen LogP contribution in [-0.4, -0.2) is 12.1 Å². The van der Waals surface area contributed by atoms with Crippen molar-refractivity contribution in [3.63, 3.8) is 0 Å². The van der Waals surface area contributed by atoms with Gasteiger partial charge in [0.2, 0.25) is 0 Å². The maximum Gasteiger partial charge on any atom is 0.271 e. The molecule has 1 amide bonds. The molecule has 0 aliphatic rings. The van der Waals surface area contributed by atoms with Crippen LogP contribution in [0.5, 0.6) is 0 Å². The molecular formula is C17H18N2O. The average molecular weight is 266 g/mol. The van der Waals surface area contributed by atoms with Crippen molar-refractivity contribution in [3.05, 3.63) is 70.3 Å². The van der Waals surface area contributed by atoms with Crippen molar-refractivity contribution in [2.45, 2.75) is 20.8 Å². The lowest BCUT2D eigenvalue weighted by molar-refractivity contribution is 0.0955. The normalized spacial score (nSPS) is 10.8. The summed E-state index contributed by atoms with van der Waals surface area (Å²) in [5.41, 5.74) is 7.56. The van der Waals surface area contributed by atoms with E-state index in [-0.39, 0.29) is 5.91 Å². The van der Waals surface area contributed by atoms with Crippen molar-refractivity contribution in [1.82, 2.24) is 5.43 Å². The Hall–Kier alpha value is -2.42. The van der Waals surface area contributed by atoms with Crippen LogP contribution in [-0.2, 0) is 0 Å². The van der Waals surface area contributed by atoms with Crippen LogP contribution in [0.2, 0.25) is 0 Å². The van der Waals surface area contributed by atoms with Gasteiger partial charge in [-0.2, -0.15) is 5.10 Å². The molecule has 0 fully saturated rings. The van der Waals surface area contributed by atoms with E-state index in [1.165, 1.54) is 5.56 Å². The SMILES string of the molecule is Cc1ccc(C(=O)N/N=C/c2ccccc2C)cc1C. The Morgan fingerprint density at radius 1 is 1.00 bits per heavy atom. The van der Waals surface area contributed by atoms with Gasteiger partial charge in [-0.15, -0.1) is 0 Å². The van der Waals surface area contributed by atoms with E-state index in [9.17, 15) is 4.79 Å². The molecule has 0 bridgehead atoms. The standard InChI is InChI=1S/C17H18N2O/c1-12-8-9-15(10-14(12)3)17(20)19-18-11-16-7-5-4-6-13(16)2/h4-11H,1-3H3,(H,19,20)/b18-11+. The van der Waals surface area contributed by atoms with Gasteiger partial charge in [0.25, 0.3) is 5.91 Å². The molecule has 0 spiro atoms. The Morgan fingerprint density at radius 3 is 2.45 bits per heavy atom. The molecule has 102 valence electrons. The molecule has 2 aromatic rings. The van der Waals surface area contributed by atoms with Crippen LogP contribution >= 0.6 is 0 Å².